The number of hydrogen-bond acceptors (Lipinski definition) is 4. The van der Waals surface area contributed by atoms with Crippen molar-refractivity contribution in [3.05, 3.63) is 71.4 Å². The van der Waals surface area contributed by atoms with Gasteiger partial charge in [-0.3, -0.25) is 9.48 Å². The molecule has 28 heavy (non-hydrogen) atoms. The lowest BCUT2D eigenvalue weighted by atomic mass is 10.1. The molecule has 0 aliphatic carbocycles. The fourth-order valence-electron chi connectivity index (χ4n) is 3.03. The van der Waals surface area contributed by atoms with E-state index in [0.29, 0.717) is 38.8 Å². The first-order chi connectivity index (χ1) is 13.6. The number of pyridine rings is 1. The first-order valence-electron chi connectivity index (χ1n) is 8.60. The monoisotopic (exact) mass is 392 g/mol. The number of amides is 1. The van der Waals surface area contributed by atoms with E-state index in [4.69, 9.17) is 21.3 Å². The second kappa shape index (κ2) is 7.32. The number of fused-ring (bicyclic) bond motifs is 1. The molecule has 0 saturated heterocycles. The van der Waals surface area contributed by atoms with Crippen LogP contribution in [0.5, 0.6) is 5.75 Å². The normalized spacial score (nSPS) is 10.8. The van der Waals surface area contributed by atoms with Crippen LogP contribution in [-0.4, -0.2) is 27.8 Å². The van der Waals surface area contributed by atoms with Crippen LogP contribution >= 0.6 is 11.6 Å². The Kier molecular flexibility index (Phi) is 4.71. The summed E-state index contributed by atoms with van der Waals surface area (Å²) in [5, 5.41) is 8.44. The van der Waals surface area contributed by atoms with Crippen LogP contribution in [0.3, 0.4) is 0 Å². The third-order valence-electron chi connectivity index (χ3n) is 4.43. The summed E-state index contributed by atoms with van der Waals surface area (Å²) in [4.78, 5) is 17.7. The number of halogens is 1. The number of hydrogen-bond donors (Lipinski definition) is 1. The second-order valence-electron chi connectivity index (χ2n) is 6.22. The average Bonchev–Trinajstić information content (AvgIpc) is 3.09. The standard InChI is InChI=1S/C21H17ClN4O2/c1-26-20-17(12-23-26)16(21(27)24-14-9-7-13(22)8-10-14)11-18(25-20)15-5-3-4-6-19(15)28-2/h3-12H,1-2H3,(H,24,27). The zero-order valence-electron chi connectivity index (χ0n) is 15.3. The SMILES string of the molecule is COc1ccccc1-c1cc(C(=O)Nc2ccc(Cl)cc2)c2cnn(C)c2n1. The fourth-order valence-corrected chi connectivity index (χ4v) is 3.15. The summed E-state index contributed by atoms with van der Waals surface area (Å²) in [5.41, 5.74) is 3.18. The summed E-state index contributed by atoms with van der Waals surface area (Å²) in [5.74, 6) is 0.430. The van der Waals surface area contributed by atoms with Crippen LogP contribution in [0.1, 0.15) is 10.4 Å². The molecule has 1 N–H and O–H groups in total. The van der Waals surface area contributed by atoms with E-state index in [0.717, 1.165) is 5.56 Å². The van der Waals surface area contributed by atoms with Crippen molar-refractivity contribution in [1.82, 2.24) is 14.8 Å². The molecule has 0 bridgehead atoms. The molecule has 6 nitrogen and oxygen atoms in total. The van der Waals surface area contributed by atoms with Gasteiger partial charge in [0.2, 0.25) is 0 Å². The van der Waals surface area contributed by atoms with Crippen molar-refractivity contribution in [2.75, 3.05) is 12.4 Å². The van der Waals surface area contributed by atoms with E-state index >= 15 is 0 Å². The number of nitrogens with zero attached hydrogens (tertiary/aromatic N) is 3. The van der Waals surface area contributed by atoms with Crippen molar-refractivity contribution < 1.29 is 9.53 Å². The molecule has 0 unspecified atom stereocenters. The minimum absolute atomic E-state index is 0.251. The van der Waals surface area contributed by atoms with Crippen LogP contribution in [0.15, 0.2) is 60.8 Å². The molecule has 0 saturated carbocycles. The molecular formula is C21H17ClN4O2. The largest absolute Gasteiger partial charge is 0.496 e. The summed E-state index contributed by atoms with van der Waals surface area (Å²) >= 11 is 5.92. The summed E-state index contributed by atoms with van der Waals surface area (Å²) in [7, 11) is 3.40. The van der Waals surface area contributed by atoms with Crippen molar-refractivity contribution in [2.45, 2.75) is 0 Å². The number of methoxy groups -OCH3 is 1. The fraction of sp³-hybridized carbons (Fsp3) is 0.0952. The van der Waals surface area contributed by atoms with Gasteiger partial charge in [0.25, 0.3) is 5.91 Å². The van der Waals surface area contributed by atoms with Gasteiger partial charge >= 0.3 is 0 Å². The Morgan fingerprint density at radius 1 is 1.14 bits per heavy atom. The Morgan fingerprint density at radius 2 is 1.89 bits per heavy atom. The minimum atomic E-state index is -0.251. The molecule has 1 amide bonds. The number of aryl methyl sites for hydroxylation is 1. The van der Waals surface area contributed by atoms with Crippen LogP contribution in [0.25, 0.3) is 22.3 Å². The molecule has 7 heteroatoms. The molecule has 4 aromatic rings. The van der Waals surface area contributed by atoms with Gasteiger partial charge in [0.1, 0.15) is 5.75 Å². The van der Waals surface area contributed by atoms with Gasteiger partial charge in [-0.15, -0.1) is 0 Å². The summed E-state index contributed by atoms with van der Waals surface area (Å²) in [6.07, 6.45) is 1.64. The number of ether oxygens (including phenoxy) is 1. The van der Waals surface area contributed by atoms with Crippen LogP contribution in [-0.2, 0) is 7.05 Å². The van der Waals surface area contributed by atoms with Crippen molar-refractivity contribution in [3.63, 3.8) is 0 Å². The molecule has 0 fully saturated rings. The molecule has 2 heterocycles. The summed E-state index contributed by atoms with van der Waals surface area (Å²) < 4.78 is 7.10. The number of carbonyl (C=O) groups excluding carboxylic acids is 1. The summed E-state index contributed by atoms with van der Waals surface area (Å²) in [6, 6.07) is 16.3. The second-order valence-corrected chi connectivity index (χ2v) is 6.66. The smallest absolute Gasteiger partial charge is 0.256 e. The molecule has 0 radical (unpaired) electrons. The van der Waals surface area contributed by atoms with Gasteiger partial charge in [-0.2, -0.15) is 5.10 Å². The number of rotatable bonds is 4. The lowest BCUT2D eigenvalue weighted by molar-refractivity contribution is 0.102. The van der Waals surface area contributed by atoms with E-state index in [1.807, 2.05) is 24.3 Å². The third kappa shape index (κ3) is 3.30. The average molecular weight is 393 g/mol. The maximum absolute atomic E-state index is 13.0. The highest BCUT2D eigenvalue weighted by Gasteiger charge is 2.18. The molecule has 0 aliphatic rings. The predicted molar refractivity (Wildman–Crippen MR) is 110 cm³/mol. The molecule has 0 spiro atoms. The number of para-hydroxylation sites is 1. The lowest BCUT2D eigenvalue weighted by Crippen LogP contribution is -2.13. The molecule has 0 atom stereocenters. The highest BCUT2D eigenvalue weighted by molar-refractivity contribution is 6.30. The zero-order valence-corrected chi connectivity index (χ0v) is 16.1. The minimum Gasteiger partial charge on any atom is -0.496 e. The summed E-state index contributed by atoms with van der Waals surface area (Å²) in [6.45, 7) is 0. The van der Waals surface area contributed by atoms with Crippen LogP contribution in [0, 0.1) is 0 Å². The van der Waals surface area contributed by atoms with Gasteiger partial charge in [0.05, 0.1) is 30.0 Å². The Hall–Kier alpha value is -3.38. The number of carbonyl (C=O) groups is 1. The third-order valence-corrected chi connectivity index (χ3v) is 4.69. The van der Waals surface area contributed by atoms with Crippen LogP contribution in [0.4, 0.5) is 5.69 Å². The maximum Gasteiger partial charge on any atom is 0.256 e. The first kappa shape index (κ1) is 18.0. The van der Waals surface area contributed by atoms with E-state index in [9.17, 15) is 4.79 Å². The van der Waals surface area contributed by atoms with Gasteiger partial charge in [0.15, 0.2) is 5.65 Å². The van der Waals surface area contributed by atoms with Gasteiger partial charge in [-0.1, -0.05) is 23.7 Å². The topological polar surface area (TPSA) is 69.0 Å². The van der Waals surface area contributed by atoms with Crippen LogP contribution in [0.2, 0.25) is 5.02 Å². The lowest BCUT2D eigenvalue weighted by Gasteiger charge is -2.11. The Morgan fingerprint density at radius 3 is 2.64 bits per heavy atom. The van der Waals surface area contributed by atoms with Gasteiger partial charge in [0, 0.05) is 23.3 Å². The highest BCUT2D eigenvalue weighted by atomic mass is 35.5. The maximum atomic E-state index is 13.0. The predicted octanol–water partition coefficient (Wildman–Crippen LogP) is 4.55. The van der Waals surface area contributed by atoms with Gasteiger partial charge in [-0.05, 0) is 42.5 Å². The first-order valence-corrected chi connectivity index (χ1v) is 8.97. The van der Waals surface area contributed by atoms with Crippen molar-refractivity contribution >= 4 is 34.2 Å². The van der Waals surface area contributed by atoms with Crippen molar-refractivity contribution in [3.8, 4) is 17.0 Å². The number of aromatic nitrogens is 3. The molecule has 140 valence electrons. The molecule has 2 aromatic heterocycles. The highest BCUT2D eigenvalue weighted by Crippen LogP contribution is 2.31. The number of anilines is 1. The van der Waals surface area contributed by atoms with Gasteiger partial charge in [-0.25, -0.2) is 4.98 Å². The van der Waals surface area contributed by atoms with Crippen LogP contribution < -0.4 is 10.1 Å². The molecule has 2 aromatic carbocycles. The van der Waals surface area contributed by atoms with E-state index in [1.54, 1.807) is 55.4 Å². The van der Waals surface area contributed by atoms with E-state index in [1.165, 1.54) is 0 Å². The van der Waals surface area contributed by atoms with E-state index in [2.05, 4.69) is 10.4 Å². The van der Waals surface area contributed by atoms with E-state index < -0.39 is 0 Å². The number of benzene rings is 2. The zero-order chi connectivity index (χ0) is 19.7. The molecule has 4 rings (SSSR count). The van der Waals surface area contributed by atoms with Crippen molar-refractivity contribution in [2.24, 2.45) is 7.05 Å². The van der Waals surface area contributed by atoms with Crippen molar-refractivity contribution in [1.29, 1.82) is 0 Å². The van der Waals surface area contributed by atoms with E-state index in [-0.39, 0.29) is 5.91 Å². The Labute approximate surface area is 166 Å². The molecular weight excluding hydrogens is 376 g/mol. The number of nitrogens with one attached hydrogen (secondary N) is 1. The molecule has 0 aliphatic heterocycles. The van der Waals surface area contributed by atoms with Gasteiger partial charge < -0.3 is 10.1 Å². The Bertz CT molecular complexity index is 1170. The Balaban J connectivity index is 1.83. The quantitative estimate of drug-likeness (QED) is 0.553.